The number of rotatable bonds is 1. The molecule has 3 aromatic rings. The van der Waals surface area contributed by atoms with Crippen LogP contribution in [0.25, 0.3) is 21.3 Å². The second-order valence-electron chi connectivity index (χ2n) is 3.42. The third-order valence-corrected chi connectivity index (χ3v) is 3.64. The van der Waals surface area contributed by atoms with Crippen LogP contribution in [0.2, 0.25) is 0 Å². The van der Waals surface area contributed by atoms with Crippen LogP contribution in [-0.2, 0) is 0 Å². The highest BCUT2D eigenvalue weighted by Crippen LogP contribution is 2.29. The fourth-order valence-corrected chi connectivity index (χ4v) is 2.67. The molecule has 1 aromatic carbocycles. The van der Waals surface area contributed by atoms with Crippen LogP contribution >= 0.6 is 23.6 Å². The average molecular weight is 244 g/mol. The maximum Gasteiger partial charge on any atom is 0.127 e. The Morgan fingerprint density at radius 3 is 2.62 bits per heavy atom. The smallest absolute Gasteiger partial charge is 0.127 e. The van der Waals surface area contributed by atoms with Gasteiger partial charge in [-0.25, -0.2) is 0 Å². The average Bonchev–Trinajstić information content (AvgIpc) is 2.83. The second kappa shape index (κ2) is 3.81. The number of aromatic nitrogens is 2. The molecule has 2 aromatic heterocycles. The molecule has 4 heteroatoms. The lowest BCUT2D eigenvalue weighted by Gasteiger charge is -2.02. The van der Waals surface area contributed by atoms with E-state index in [-0.39, 0.29) is 0 Å². The van der Waals surface area contributed by atoms with Gasteiger partial charge in [-0.15, -0.1) is 11.3 Å². The highest BCUT2D eigenvalue weighted by Gasteiger charge is 2.06. The number of fused-ring (bicyclic) bond motifs is 1. The molecule has 78 valence electrons. The topological polar surface area (TPSA) is 28.7 Å². The molecule has 0 atom stereocenters. The molecular formula is C12H8N2S2. The Morgan fingerprint density at radius 1 is 1.06 bits per heavy atom. The van der Waals surface area contributed by atoms with E-state index in [0.29, 0.717) is 4.64 Å². The van der Waals surface area contributed by atoms with Crippen molar-refractivity contribution in [1.82, 2.24) is 10.2 Å². The molecule has 2 nitrogen and oxygen atoms in total. The van der Waals surface area contributed by atoms with E-state index in [1.54, 1.807) is 11.3 Å². The Bertz CT molecular complexity index is 684. The summed E-state index contributed by atoms with van der Waals surface area (Å²) in [5, 5.41) is 11.4. The minimum absolute atomic E-state index is 0.691. The van der Waals surface area contributed by atoms with Crippen LogP contribution in [-0.4, -0.2) is 10.2 Å². The Labute approximate surface area is 102 Å². The number of hydrogen-bond donors (Lipinski definition) is 1. The van der Waals surface area contributed by atoms with Crippen LogP contribution in [0.4, 0.5) is 0 Å². The summed E-state index contributed by atoms with van der Waals surface area (Å²) in [5.74, 6) is 0. The van der Waals surface area contributed by atoms with Gasteiger partial charge in [0.2, 0.25) is 0 Å². The van der Waals surface area contributed by atoms with Gasteiger partial charge in [-0.2, -0.15) is 5.10 Å². The van der Waals surface area contributed by atoms with Crippen LogP contribution < -0.4 is 0 Å². The van der Waals surface area contributed by atoms with Crippen LogP contribution in [0.1, 0.15) is 0 Å². The van der Waals surface area contributed by atoms with E-state index in [1.807, 2.05) is 29.6 Å². The summed E-state index contributed by atoms with van der Waals surface area (Å²) in [6.07, 6.45) is 0. The van der Waals surface area contributed by atoms with Crippen LogP contribution in [0, 0.1) is 4.64 Å². The lowest BCUT2D eigenvalue weighted by molar-refractivity contribution is 1.05. The first-order chi connectivity index (χ1) is 7.86. The quantitative estimate of drug-likeness (QED) is 0.655. The third-order valence-electron chi connectivity index (χ3n) is 2.45. The zero-order valence-corrected chi connectivity index (χ0v) is 9.94. The summed E-state index contributed by atoms with van der Waals surface area (Å²) in [4.78, 5) is 1.16. The summed E-state index contributed by atoms with van der Waals surface area (Å²) < 4.78 is 0.691. The molecule has 0 unspecified atom stereocenters. The molecule has 0 amide bonds. The molecule has 3 rings (SSSR count). The highest BCUT2D eigenvalue weighted by atomic mass is 32.1. The number of hydrogen-bond acceptors (Lipinski definition) is 3. The molecule has 0 saturated carbocycles. The van der Waals surface area contributed by atoms with Gasteiger partial charge in [-0.05, 0) is 11.4 Å². The number of H-pyrrole nitrogens is 1. The number of thiophene rings is 1. The van der Waals surface area contributed by atoms with Crippen molar-refractivity contribution in [1.29, 1.82) is 0 Å². The first kappa shape index (κ1) is 9.69. The van der Waals surface area contributed by atoms with Gasteiger partial charge in [0.1, 0.15) is 10.3 Å². The van der Waals surface area contributed by atoms with Crippen molar-refractivity contribution < 1.29 is 0 Å². The number of benzene rings is 1. The lowest BCUT2D eigenvalue weighted by atomic mass is 10.1. The van der Waals surface area contributed by atoms with Gasteiger partial charge >= 0.3 is 0 Å². The molecule has 0 spiro atoms. The zero-order chi connectivity index (χ0) is 11.0. The molecule has 16 heavy (non-hydrogen) atoms. The van der Waals surface area contributed by atoms with Crippen molar-refractivity contribution in [3.05, 3.63) is 46.4 Å². The van der Waals surface area contributed by atoms with Crippen molar-refractivity contribution in [2.24, 2.45) is 0 Å². The van der Waals surface area contributed by atoms with Crippen molar-refractivity contribution in [3.8, 4) is 10.6 Å². The molecule has 0 aliphatic carbocycles. The van der Waals surface area contributed by atoms with Gasteiger partial charge in [0.25, 0.3) is 0 Å². The normalized spacial score (nSPS) is 10.8. The van der Waals surface area contributed by atoms with Crippen molar-refractivity contribution in [3.63, 3.8) is 0 Å². The predicted octanol–water partition coefficient (Wildman–Crippen LogP) is 4.02. The Balaban J connectivity index is 2.43. The van der Waals surface area contributed by atoms with E-state index in [1.165, 1.54) is 0 Å². The fourth-order valence-electron chi connectivity index (χ4n) is 1.72. The van der Waals surface area contributed by atoms with E-state index >= 15 is 0 Å². The van der Waals surface area contributed by atoms with Crippen molar-refractivity contribution >= 4 is 34.3 Å². The predicted molar refractivity (Wildman–Crippen MR) is 70.2 cm³/mol. The molecule has 0 aliphatic heterocycles. The second-order valence-corrected chi connectivity index (χ2v) is 4.78. The minimum Gasteiger partial charge on any atom is -0.267 e. The third kappa shape index (κ3) is 1.47. The van der Waals surface area contributed by atoms with E-state index in [9.17, 15) is 0 Å². The maximum absolute atomic E-state index is 5.23. The molecule has 0 bridgehead atoms. The van der Waals surface area contributed by atoms with Gasteiger partial charge in [0.05, 0.1) is 4.88 Å². The van der Waals surface area contributed by atoms with Gasteiger partial charge < -0.3 is 0 Å². The maximum atomic E-state index is 5.23. The van der Waals surface area contributed by atoms with E-state index in [0.717, 1.165) is 21.3 Å². The summed E-state index contributed by atoms with van der Waals surface area (Å²) in [6.45, 7) is 0. The Kier molecular flexibility index (Phi) is 2.31. The molecule has 0 radical (unpaired) electrons. The van der Waals surface area contributed by atoms with Crippen LogP contribution in [0.3, 0.4) is 0 Å². The van der Waals surface area contributed by atoms with Crippen LogP contribution in [0.5, 0.6) is 0 Å². The van der Waals surface area contributed by atoms with Gasteiger partial charge in [0.15, 0.2) is 0 Å². The zero-order valence-electron chi connectivity index (χ0n) is 8.31. The fraction of sp³-hybridized carbons (Fsp3) is 0. The summed E-state index contributed by atoms with van der Waals surface area (Å²) in [7, 11) is 0. The highest BCUT2D eigenvalue weighted by molar-refractivity contribution is 7.71. The molecule has 2 heterocycles. The molecule has 0 fully saturated rings. The van der Waals surface area contributed by atoms with Crippen molar-refractivity contribution in [2.75, 3.05) is 0 Å². The van der Waals surface area contributed by atoms with Gasteiger partial charge in [-0.1, -0.05) is 42.5 Å². The minimum atomic E-state index is 0.691. The summed E-state index contributed by atoms with van der Waals surface area (Å²) in [5.41, 5.74) is 0.971. The van der Waals surface area contributed by atoms with Crippen LogP contribution in [0.15, 0.2) is 41.8 Å². The molecule has 0 aliphatic rings. The monoisotopic (exact) mass is 244 g/mol. The van der Waals surface area contributed by atoms with E-state index in [2.05, 4.69) is 22.3 Å². The largest absolute Gasteiger partial charge is 0.267 e. The van der Waals surface area contributed by atoms with Crippen molar-refractivity contribution in [2.45, 2.75) is 0 Å². The Hall–Kier alpha value is -1.52. The van der Waals surface area contributed by atoms with Gasteiger partial charge in [0, 0.05) is 10.8 Å². The van der Waals surface area contributed by atoms with E-state index < -0.39 is 0 Å². The summed E-state index contributed by atoms with van der Waals surface area (Å²) in [6, 6.07) is 12.2. The van der Waals surface area contributed by atoms with Gasteiger partial charge in [-0.3, -0.25) is 5.10 Å². The standard InChI is InChI=1S/C12H8N2S2/c15-12-9-5-2-1-4-8(9)11(13-14-12)10-6-3-7-16-10/h1-7H,(H,14,15). The molecular weight excluding hydrogens is 236 g/mol. The number of nitrogens with zero attached hydrogens (tertiary/aromatic N) is 1. The number of aromatic amines is 1. The molecule has 1 N–H and O–H groups in total. The number of nitrogens with one attached hydrogen (secondary N) is 1. The SMILES string of the molecule is S=c1[nH]nc(-c2cccs2)c2ccccc12. The lowest BCUT2D eigenvalue weighted by Crippen LogP contribution is -1.89. The first-order valence-electron chi connectivity index (χ1n) is 4.87. The first-order valence-corrected chi connectivity index (χ1v) is 6.16. The molecule has 0 saturated heterocycles. The summed E-state index contributed by atoms with van der Waals surface area (Å²) >= 11 is 6.91. The Morgan fingerprint density at radius 2 is 1.88 bits per heavy atom. The van der Waals surface area contributed by atoms with E-state index in [4.69, 9.17) is 12.2 Å².